The molecule has 0 aliphatic heterocycles. The van der Waals surface area contributed by atoms with Gasteiger partial charge in [-0.2, -0.15) is 0 Å². The van der Waals surface area contributed by atoms with Crippen molar-refractivity contribution >= 4 is 21.8 Å². The zero-order chi connectivity index (χ0) is 14.7. The van der Waals surface area contributed by atoms with Crippen LogP contribution < -0.4 is 10.5 Å². The number of amides is 1. The Morgan fingerprint density at radius 1 is 1.25 bits per heavy atom. The van der Waals surface area contributed by atoms with Crippen LogP contribution in [0.4, 0.5) is 0 Å². The second kappa shape index (κ2) is 6.07. The van der Waals surface area contributed by atoms with Gasteiger partial charge in [0.1, 0.15) is 11.5 Å². The molecule has 104 valence electrons. The van der Waals surface area contributed by atoms with E-state index in [0.29, 0.717) is 21.5 Å². The van der Waals surface area contributed by atoms with Crippen LogP contribution in [0.1, 0.15) is 28.9 Å². The molecule has 2 aromatic rings. The van der Waals surface area contributed by atoms with Crippen molar-refractivity contribution < 1.29 is 14.6 Å². The van der Waals surface area contributed by atoms with Gasteiger partial charge in [0.05, 0.1) is 16.1 Å². The SMILES string of the molecule is C[C@H](O)c1ccc(Oc2ccccc2C(N)=O)c(Br)c1. The van der Waals surface area contributed by atoms with Gasteiger partial charge in [0.15, 0.2) is 0 Å². The number of benzene rings is 2. The second-order valence-electron chi connectivity index (χ2n) is 4.33. The van der Waals surface area contributed by atoms with Crippen molar-refractivity contribution in [3.8, 4) is 11.5 Å². The Morgan fingerprint density at radius 2 is 1.95 bits per heavy atom. The van der Waals surface area contributed by atoms with E-state index in [9.17, 15) is 9.90 Å². The van der Waals surface area contributed by atoms with Gasteiger partial charge in [0.25, 0.3) is 5.91 Å². The van der Waals surface area contributed by atoms with Gasteiger partial charge in [-0.15, -0.1) is 0 Å². The fourth-order valence-electron chi connectivity index (χ4n) is 1.74. The highest BCUT2D eigenvalue weighted by molar-refractivity contribution is 9.10. The fraction of sp³-hybridized carbons (Fsp3) is 0.133. The highest BCUT2D eigenvalue weighted by Gasteiger charge is 2.12. The smallest absolute Gasteiger partial charge is 0.252 e. The van der Waals surface area contributed by atoms with E-state index in [1.807, 2.05) is 0 Å². The van der Waals surface area contributed by atoms with E-state index in [0.717, 1.165) is 5.56 Å². The van der Waals surface area contributed by atoms with Crippen LogP contribution >= 0.6 is 15.9 Å². The Morgan fingerprint density at radius 3 is 2.55 bits per heavy atom. The zero-order valence-corrected chi connectivity index (χ0v) is 12.4. The molecule has 0 aliphatic rings. The molecular weight excluding hydrogens is 322 g/mol. The third kappa shape index (κ3) is 3.18. The highest BCUT2D eigenvalue weighted by Crippen LogP contribution is 2.33. The summed E-state index contributed by atoms with van der Waals surface area (Å²) in [7, 11) is 0. The molecule has 5 heteroatoms. The number of primary amides is 1. The number of ether oxygens (including phenoxy) is 1. The Hall–Kier alpha value is -1.85. The number of halogens is 1. The van der Waals surface area contributed by atoms with E-state index in [1.165, 1.54) is 0 Å². The maximum Gasteiger partial charge on any atom is 0.252 e. The third-order valence-corrected chi connectivity index (χ3v) is 3.43. The summed E-state index contributed by atoms with van der Waals surface area (Å²) < 4.78 is 6.40. The lowest BCUT2D eigenvalue weighted by Gasteiger charge is -2.12. The lowest BCUT2D eigenvalue weighted by atomic mass is 10.1. The molecule has 2 aromatic carbocycles. The van der Waals surface area contributed by atoms with Gasteiger partial charge in [0.2, 0.25) is 0 Å². The molecule has 0 fully saturated rings. The average Bonchev–Trinajstić information content (AvgIpc) is 2.41. The topological polar surface area (TPSA) is 72.6 Å². The maximum atomic E-state index is 11.3. The number of carbonyl (C=O) groups excluding carboxylic acids is 1. The lowest BCUT2D eigenvalue weighted by molar-refractivity contribution is 0.0998. The Balaban J connectivity index is 2.33. The molecule has 0 unspecified atom stereocenters. The van der Waals surface area contributed by atoms with Crippen molar-refractivity contribution in [3.63, 3.8) is 0 Å². The summed E-state index contributed by atoms with van der Waals surface area (Å²) in [4.78, 5) is 11.3. The molecule has 0 bridgehead atoms. The number of carbonyl (C=O) groups is 1. The summed E-state index contributed by atoms with van der Waals surface area (Å²) in [6.07, 6.45) is -0.557. The average molecular weight is 336 g/mol. The molecule has 20 heavy (non-hydrogen) atoms. The summed E-state index contributed by atoms with van der Waals surface area (Å²) in [5.41, 5.74) is 6.40. The minimum atomic E-state index is -0.557. The first-order valence-corrected chi connectivity index (χ1v) is 6.82. The predicted octanol–water partition coefficient (Wildman–Crippen LogP) is 3.39. The molecule has 1 atom stereocenters. The first-order chi connectivity index (χ1) is 9.49. The van der Waals surface area contributed by atoms with Gasteiger partial charge in [-0.25, -0.2) is 0 Å². The van der Waals surface area contributed by atoms with Gasteiger partial charge in [-0.05, 0) is 52.7 Å². The van der Waals surface area contributed by atoms with E-state index in [-0.39, 0.29) is 0 Å². The highest BCUT2D eigenvalue weighted by atomic mass is 79.9. The molecule has 3 N–H and O–H groups in total. The van der Waals surface area contributed by atoms with E-state index in [1.54, 1.807) is 49.4 Å². The van der Waals surface area contributed by atoms with Crippen LogP contribution in [-0.4, -0.2) is 11.0 Å². The van der Waals surface area contributed by atoms with Crippen molar-refractivity contribution in [3.05, 3.63) is 58.1 Å². The number of hydrogen-bond donors (Lipinski definition) is 2. The predicted molar refractivity (Wildman–Crippen MR) is 79.8 cm³/mol. The van der Waals surface area contributed by atoms with Gasteiger partial charge in [0, 0.05) is 0 Å². The van der Waals surface area contributed by atoms with Crippen LogP contribution in [0.3, 0.4) is 0 Å². The Bertz CT molecular complexity index is 641. The van der Waals surface area contributed by atoms with Crippen LogP contribution in [0.2, 0.25) is 0 Å². The summed E-state index contributed by atoms with van der Waals surface area (Å²) in [6.45, 7) is 1.69. The minimum absolute atomic E-state index is 0.319. The second-order valence-corrected chi connectivity index (χ2v) is 5.18. The van der Waals surface area contributed by atoms with Crippen LogP contribution in [0, 0.1) is 0 Å². The van der Waals surface area contributed by atoms with Crippen molar-refractivity contribution in [2.75, 3.05) is 0 Å². The summed E-state index contributed by atoms with van der Waals surface area (Å²) in [5, 5.41) is 9.52. The van der Waals surface area contributed by atoms with Gasteiger partial charge in [-0.3, -0.25) is 4.79 Å². The van der Waals surface area contributed by atoms with E-state index >= 15 is 0 Å². The van der Waals surface area contributed by atoms with Crippen molar-refractivity contribution in [1.29, 1.82) is 0 Å². The van der Waals surface area contributed by atoms with E-state index in [4.69, 9.17) is 10.5 Å². The van der Waals surface area contributed by atoms with Crippen molar-refractivity contribution in [1.82, 2.24) is 0 Å². The molecule has 0 saturated carbocycles. The standard InChI is InChI=1S/C15H14BrNO3/c1-9(18)10-6-7-14(12(16)8-10)20-13-5-3-2-4-11(13)15(17)19/h2-9,18H,1H3,(H2,17,19)/t9-/m0/s1. The van der Waals surface area contributed by atoms with Crippen molar-refractivity contribution in [2.24, 2.45) is 5.73 Å². The largest absolute Gasteiger partial charge is 0.455 e. The molecule has 0 spiro atoms. The number of hydrogen-bond acceptors (Lipinski definition) is 3. The number of aliphatic hydroxyl groups is 1. The van der Waals surface area contributed by atoms with Crippen molar-refractivity contribution in [2.45, 2.75) is 13.0 Å². The van der Waals surface area contributed by atoms with E-state index in [2.05, 4.69) is 15.9 Å². The number of aliphatic hydroxyl groups excluding tert-OH is 1. The minimum Gasteiger partial charge on any atom is -0.455 e. The molecule has 0 aliphatic carbocycles. The molecule has 0 radical (unpaired) electrons. The summed E-state index contributed by atoms with van der Waals surface area (Å²) in [6, 6.07) is 12.0. The molecule has 0 heterocycles. The number of para-hydroxylation sites is 1. The quantitative estimate of drug-likeness (QED) is 0.899. The zero-order valence-electron chi connectivity index (χ0n) is 10.8. The number of rotatable bonds is 4. The molecule has 1 amide bonds. The molecule has 0 aromatic heterocycles. The van der Waals surface area contributed by atoms with Crippen LogP contribution in [0.25, 0.3) is 0 Å². The number of nitrogens with two attached hydrogens (primary N) is 1. The Kier molecular flexibility index (Phi) is 4.42. The third-order valence-electron chi connectivity index (χ3n) is 2.81. The maximum absolute atomic E-state index is 11.3. The fourth-order valence-corrected chi connectivity index (χ4v) is 2.21. The summed E-state index contributed by atoms with van der Waals surface area (Å²) >= 11 is 3.38. The molecular formula is C15H14BrNO3. The normalized spacial score (nSPS) is 11.9. The van der Waals surface area contributed by atoms with Gasteiger partial charge < -0.3 is 15.6 Å². The van der Waals surface area contributed by atoms with Crippen LogP contribution in [0.5, 0.6) is 11.5 Å². The molecule has 0 saturated heterocycles. The van der Waals surface area contributed by atoms with Gasteiger partial charge >= 0.3 is 0 Å². The first-order valence-electron chi connectivity index (χ1n) is 6.03. The van der Waals surface area contributed by atoms with Crippen LogP contribution in [0.15, 0.2) is 46.9 Å². The molecule has 4 nitrogen and oxygen atoms in total. The lowest BCUT2D eigenvalue weighted by Crippen LogP contribution is -2.12. The monoisotopic (exact) mass is 335 g/mol. The van der Waals surface area contributed by atoms with Gasteiger partial charge in [-0.1, -0.05) is 18.2 Å². The molecule has 2 rings (SSSR count). The Labute approximate surface area is 125 Å². The van der Waals surface area contributed by atoms with Crippen LogP contribution in [-0.2, 0) is 0 Å². The first kappa shape index (κ1) is 14.6. The summed E-state index contributed by atoms with van der Waals surface area (Å²) in [5.74, 6) is 0.394. The van der Waals surface area contributed by atoms with E-state index < -0.39 is 12.0 Å².